The van der Waals surface area contributed by atoms with Gasteiger partial charge in [0.05, 0.1) is 37.4 Å². The van der Waals surface area contributed by atoms with Gasteiger partial charge in [0.2, 0.25) is 0 Å². The number of ether oxygens (including phenoxy) is 3. The first-order chi connectivity index (χ1) is 16.4. The van der Waals surface area contributed by atoms with Gasteiger partial charge in [-0.15, -0.1) is 0 Å². The molecule has 0 saturated heterocycles. The molecule has 9 heteroatoms. The molecule has 0 saturated carbocycles. The van der Waals surface area contributed by atoms with Crippen molar-refractivity contribution in [2.24, 2.45) is 0 Å². The van der Waals surface area contributed by atoms with Crippen LogP contribution in [0.1, 0.15) is 81.5 Å². The van der Waals surface area contributed by atoms with Crippen LogP contribution in [0.4, 0.5) is 5.69 Å². The van der Waals surface area contributed by atoms with Gasteiger partial charge in [-0.25, -0.2) is 9.59 Å². The summed E-state index contributed by atoms with van der Waals surface area (Å²) in [4.78, 5) is 37.1. The Balaban J connectivity index is 3.08. The predicted octanol–water partition coefficient (Wildman–Crippen LogP) is 5.58. The molecule has 35 heavy (non-hydrogen) atoms. The zero-order chi connectivity index (χ0) is 26.6. The molecular formula is C26H43NO7Si. The fraction of sp³-hybridized carbons (Fsp3) is 0.654. The molecule has 1 N–H and O–H groups in total. The fourth-order valence-corrected chi connectivity index (χ4v) is 4.22. The van der Waals surface area contributed by atoms with E-state index in [2.05, 4.69) is 39.2 Å². The molecule has 8 nitrogen and oxygen atoms in total. The van der Waals surface area contributed by atoms with E-state index in [1.165, 1.54) is 6.07 Å². The Labute approximate surface area is 211 Å². The number of hydrogen-bond acceptors (Lipinski definition) is 8. The summed E-state index contributed by atoms with van der Waals surface area (Å²) in [5.74, 6) is -1.40. The molecule has 1 atom stereocenters. The Morgan fingerprint density at radius 3 is 2.11 bits per heavy atom. The maximum absolute atomic E-state index is 12.6. The lowest BCUT2D eigenvalue weighted by molar-refractivity contribution is -0.143. The Hall–Kier alpha value is -2.39. The topological polar surface area (TPSA) is 100 Å². The van der Waals surface area contributed by atoms with Crippen LogP contribution in [0.3, 0.4) is 0 Å². The molecule has 0 aliphatic rings. The molecule has 1 aromatic rings. The van der Waals surface area contributed by atoms with E-state index in [1.807, 2.05) is 0 Å². The van der Waals surface area contributed by atoms with Crippen molar-refractivity contribution in [3.05, 3.63) is 29.3 Å². The highest BCUT2D eigenvalue weighted by atomic mass is 28.4. The number of esters is 3. The number of carbonyl (C=O) groups is 3. The molecule has 0 aromatic heterocycles. The van der Waals surface area contributed by atoms with Crippen LogP contribution in [0.5, 0.6) is 0 Å². The first kappa shape index (κ1) is 30.6. The smallest absolute Gasteiger partial charge is 0.340 e. The number of nitrogens with one attached hydrogen (secondary N) is 1. The van der Waals surface area contributed by atoms with Crippen molar-refractivity contribution in [2.75, 3.05) is 31.7 Å². The molecular weight excluding hydrogens is 466 g/mol. The molecule has 1 aromatic carbocycles. The van der Waals surface area contributed by atoms with Crippen molar-refractivity contribution >= 4 is 31.9 Å². The Kier molecular flexibility index (Phi) is 12.5. The van der Waals surface area contributed by atoms with Gasteiger partial charge in [-0.05, 0) is 69.9 Å². The van der Waals surface area contributed by atoms with E-state index in [0.717, 1.165) is 6.42 Å². The van der Waals surface area contributed by atoms with Gasteiger partial charge in [0.1, 0.15) is 0 Å². The van der Waals surface area contributed by atoms with Crippen molar-refractivity contribution in [1.29, 1.82) is 0 Å². The first-order valence-corrected chi connectivity index (χ1v) is 15.3. The van der Waals surface area contributed by atoms with Gasteiger partial charge >= 0.3 is 17.9 Å². The van der Waals surface area contributed by atoms with E-state index in [0.29, 0.717) is 25.3 Å². The van der Waals surface area contributed by atoms with Gasteiger partial charge in [-0.2, -0.15) is 0 Å². The molecule has 0 heterocycles. The van der Waals surface area contributed by atoms with Crippen molar-refractivity contribution in [3.8, 4) is 0 Å². The highest BCUT2D eigenvalue weighted by Crippen LogP contribution is 2.36. The summed E-state index contributed by atoms with van der Waals surface area (Å²) < 4.78 is 21.7. The minimum atomic E-state index is -1.87. The van der Waals surface area contributed by atoms with Crippen molar-refractivity contribution in [1.82, 2.24) is 0 Å². The predicted molar refractivity (Wildman–Crippen MR) is 139 cm³/mol. The summed E-state index contributed by atoms with van der Waals surface area (Å²) in [5.41, 5.74) is 0.949. The molecule has 0 radical (unpaired) electrons. The van der Waals surface area contributed by atoms with E-state index in [-0.39, 0.29) is 47.8 Å². The third kappa shape index (κ3) is 10.0. The normalized spacial score (nSPS) is 12.6. The SMILES string of the molecule is CCOC(=O)C[C@H](CCCO[Si](C)(C)C(C)(C)C)Nc1ccc(C(=O)OCC)cc1C(=O)OCC. The molecule has 0 aliphatic carbocycles. The van der Waals surface area contributed by atoms with E-state index in [1.54, 1.807) is 32.9 Å². The maximum Gasteiger partial charge on any atom is 0.340 e. The van der Waals surface area contributed by atoms with Crippen LogP contribution < -0.4 is 5.32 Å². The van der Waals surface area contributed by atoms with Gasteiger partial charge in [0.15, 0.2) is 8.32 Å². The second-order valence-electron chi connectivity index (χ2n) is 9.80. The molecule has 0 aliphatic heterocycles. The minimum Gasteiger partial charge on any atom is -0.466 e. The van der Waals surface area contributed by atoms with Gasteiger partial charge in [0.25, 0.3) is 0 Å². The summed E-state index contributed by atoms with van der Waals surface area (Å²) in [7, 11) is -1.87. The van der Waals surface area contributed by atoms with Gasteiger partial charge < -0.3 is 24.0 Å². The summed E-state index contributed by atoms with van der Waals surface area (Å²) in [5, 5.41) is 3.42. The molecule has 0 unspecified atom stereocenters. The lowest BCUT2D eigenvalue weighted by Crippen LogP contribution is -2.41. The minimum absolute atomic E-state index is 0.116. The highest BCUT2D eigenvalue weighted by Gasteiger charge is 2.36. The van der Waals surface area contributed by atoms with Gasteiger partial charge in [0, 0.05) is 18.3 Å². The highest BCUT2D eigenvalue weighted by molar-refractivity contribution is 6.74. The second-order valence-corrected chi connectivity index (χ2v) is 14.6. The van der Waals surface area contributed by atoms with E-state index in [4.69, 9.17) is 18.6 Å². The van der Waals surface area contributed by atoms with Crippen LogP contribution in [-0.4, -0.2) is 58.7 Å². The van der Waals surface area contributed by atoms with Crippen molar-refractivity contribution < 1.29 is 33.0 Å². The largest absolute Gasteiger partial charge is 0.466 e. The zero-order valence-electron chi connectivity index (χ0n) is 22.6. The van der Waals surface area contributed by atoms with Crippen LogP contribution >= 0.6 is 0 Å². The van der Waals surface area contributed by atoms with Crippen LogP contribution in [-0.2, 0) is 23.4 Å². The third-order valence-corrected chi connectivity index (χ3v) is 10.6. The standard InChI is InChI=1S/C26H43NO7Si/c1-9-31-23(28)18-20(13-12-16-34-35(7,8)26(4,5)6)27-22-15-14-19(24(29)32-10-2)17-21(22)25(30)33-11-3/h14-15,17,20,27H,9-13,16,18H2,1-8H3/t20-/m0/s1. The van der Waals surface area contributed by atoms with E-state index < -0.39 is 20.3 Å². The maximum atomic E-state index is 12.6. The Morgan fingerprint density at radius 1 is 0.943 bits per heavy atom. The zero-order valence-corrected chi connectivity index (χ0v) is 23.6. The summed E-state index contributed by atoms with van der Waals surface area (Å²) >= 11 is 0. The molecule has 198 valence electrons. The monoisotopic (exact) mass is 509 g/mol. The molecule has 0 bridgehead atoms. The Bertz CT molecular complexity index is 849. The summed E-state index contributed by atoms with van der Waals surface area (Å²) in [6.07, 6.45) is 1.50. The lowest BCUT2D eigenvalue weighted by Gasteiger charge is -2.36. The van der Waals surface area contributed by atoms with Crippen LogP contribution in [0.15, 0.2) is 18.2 Å². The van der Waals surface area contributed by atoms with Crippen LogP contribution in [0, 0.1) is 0 Å². The average molecular weight is 510 g/mol. The molecule has 0 spiro atoms. The van der Waals surface area contributed by atoms with Gasteiger partial charge in [-0.1, -0.05) is 20.8 Å². The first-order valence-electron chi connectivity index (χ1n) is 12.4. The fourth-order valence-electron chi connectivity index (χ4n) is 3.13. The van der Waals surface area contributed by atoms with E-state index >= 15 is 0 Å². The summed E-state index contributed by atoms with van der Waals surface area (Å²) in [6.45, 7) is 17.5. The molecule has 0 fully saturated rings. The number of carbonyl (C=O) groups excluding carboxylic acids is 3. The number of anilines is 1. The van der Waals surface area contributed by atoms with Crippen LogP contribution in [0.25, 0.3) is 0 Å². The number of hydrogen-bond donors (Lipinski definition) is 1. The van der Waals surface area contributed by atoms with Crippen molar-refractivity contribution in [2.45, 2.75) is 85.0 Å². The quantitative estimate of drug-likeness (QED) is 0.150. The Morgan fingerprint density at radius 2 is 1.54 bits per heavy atom. The van der Waals surface area contributed by atoms with E-state index in [9.17, 15) is 14.4 Å². The molecule has 1 rings (SSSR count). The van der Waals surface area contributed by atoms with Gasteiger partial charge in [-0.3, -0.25) is 4.79 Å². The summed E-state index contributed by atoms with van der Waals surface area (Å²) in [6, 6.07) is 4.40. The number of rotatable bonds is 14. The third-order valence-electron chi connectivity index (χ3n) is 6.07. The lowest BCUT2D eigenvalue weighted by atomic mass is 10.0. The second kappa shape index (κ2) is 14.2. The van der Waals surface area contributed by atoms with Crippen molar-refractivity contribution in [3.63, 3.8) is 0 Å². The number of benzene rings is 1. The molecule has 0 amide bonds. The van der Waals surface area contributed by atoms with Crippen LogP contribution in [0.2, 0.25) is 18.1 Å². The average Bonchev–Trinajstić information content (AvgIpc) is 2.76.